The van der Waals surface area contributed by atoms with Crippen molar-refractivity contribution in [1.82, 2.24) is 14.2 Å². The molecular weight excluding hydrogens is 429 g/mol. The highest BCUT2D eigenvalue weighted by Crippen LogP contribution is 2.28. The van der Waals surface area contributed by atoms with Gasteiger partial charge in [0, 0.05) is 42.7 Å². The predicted molar refractivity (Wildman–Crippen MR) is 108 cm³/mol. The lowest BCUT2D eigenvalue weighted by molar-refractivity contribution is -0.127. The van der Waals surface area contributed by atoms with Gasteiger partial charge in [-0.2, -0.15) is 4.31 Å². The summed E-state index contributed by atoms with van der Waals surface area (Å²) >= 11 is 13.5. The highest BCUT2D eigenvalue weighted by Gasteiger charge is 2.31. The zero-order valence-electron chi connectivity index (χ0n) is 14.4. The lowest BCUT2D eigenvalue weighted by Gasteiger charge is -2.33. The first-order valence-electron chi connectivity index (χ1n) is 8.12. The van der Waals surface area contributed by atoms with Gasteiger partial charge in [0.15, 0.2) is 0 Å². The standard InChI is InChI=1S/C17H17Cl2N3O3S2/c1-12-20-14(11-26-12)3-5-17(23)21-6-8-22(9-7-21)27(24,25)16-10-13(18)2-4-15(16)19/h2-5,10-11H,6-9H2,1H3. The molecule has 3 rings (SSSR count). The van der Waals surface area contributed by atoms with Crippen molar-refractivity contribution in [3.05, 3.63) is 50.4 Å². The summed E-state index contributed by atoms with van der Waals surface area (Å²) in [6.07, 6.45) is 3.13. The highest BCUT2D eigenvalue weighted by molar-refractivity contribution is 7.89. The van der Waals surface area contributed by atoms with Crippen LogP contribution in [-0.4, -0.2) is 54.7 Å². The molecule has 1 aromatic heterocycles. The number of carbonyl (C=O) groups is 1. The Bertz CT molecular complexity index is 981. The molecule has 10 heteroatoms. The summed E-state index contributed by atoms with van der Waals surface area (Å²) in [5, 5.41) is 3.23. The summed E-state index contributed by atoms with van der Waals surface area (Å²) in [6.45, 7) is 2.89. The molecule has 1 aromatic carbocycles. The van der Waals surface area contributed by atoms with E-state index in [-0.39, 0.29) is 28.9 Å². The highest BCUT2D eigenvalue weighted by atomic mass is 35.5. The fourth-order valence-corrected chi connectivity index (χ4v) is 5.42. The van der Waals surface area contributed by atoms with E-state index in [1.54, 1.807) is 11.0 Å². The minimum absolute atomic E-state index is 0.0183. The summed E-state index contributed by atoms with van der Waals surface area (Å²) in [4.78, 5) is 18.2. The maximum absolute atomic E-state index is 12.8. The SMILES string of the molecule is Cc1nc(C=CC(=O)N2CCN(S(=O)(=O)c3cc(Cl)ccc3Cl)CC2)cs1. The second kappa shape index (κ2) is 8.28. The fraction of sp³-hybridized carbons (Fsp3) is 0.294. The molecule has 0 saturated carbocycles. The molecule has 1 aliphatic heterocycles. The number of thiazole rings is 1. The number of hydrogen-bond donors (Lipinski definition) is 0. The van der Waals surface area contributed by atoms with Gasteiger partial charge < -0.3 is 4.90 Å². The Morgan fingerprint density at radius 3 is 2.56 bits per heavy atom. The van der Waals surface area contributed by atoms with Crippen LogP contribution in [0.3, 0.4) is 0 Å². The maximum atomic E-state index is 12.8. The van der Waals surface area contributed by atoms with Crippen LogP contribution >= 0.6 is 34.5 Å². The number of piperazine rings is 1. The third kappa shape index (κ3) is 4.70. The Hall–Kier alpha value is -1.45. The molecule has 0 radical (unpaired) electrons. The Morgan fingerprint density at radius 2 is 1.93 bits per heavy atom. The molecule has 6 nitrogen and oxygen atoms in total. The van der Waals surface area contributed by atoms with Gasteiger partial charge in [-0.3, -0.25) is 4.79 Å². The van der Waals surface area contributed by atoms with Gasteiger partial charge in [0.05, 0.1) is 15.7 Å². The number of aryl methyl sites for hydroxylation is 1. The van der Waals surface area contributed by atoms with Crippen molar-refractivity contribution in [3.8, 4) is 0 Å². The van der Waals surface area contributed by atoms with Crippen molar-refractivity contribution in [1.29, 1.82) is 0 Å². The van der Waals surface area contributed by atoms with E-state index >= 15 is 0 Å². The Morgan fingerprint density at radius 1 is 1.22 bits per heavy atom. The number of rotatable bonds is 4. The smallest absolute Gasteiger partial charge is 0.246 e. The molecule has 1 fully saturated rings. The molecule has 27 heavy (non-hydrogen) atoms. The van der Waals surface area contributed by atoms with Crippen LogP contribution in [0.15, 0.2) is 34.6 Å². The minimum atomic E-state index is -3.76. The zero-order valence-corrected chi connectivity index (χ0v) is 17.6. The number of benzene rings is 1. The Kier molecular flexibility index (Phi) is 6.22. The zero-order chi connectivity index (χ0) is 19.6. The molecule has 0 N–H and O–H groups in total. The lowest BCUT2D eigenvalue weighted by atomic mass is 10.3. The number of aromatic nitrogens is 1. The molecule has 0 atom stereocenters. The maximum Gasteiger partial charge on any atom is 0.246 e. The molecule has 144 valence electrons. The van der Waals surface area contributed by atoms with E-state index in [4.69, 9.17) is 23.2 Å². The summed E-state index contributed by atoms with van der Waals surface area (Å²) in [5.74, 6) is -0.168. The lowest BCUT2D eigenvalue weighted by Crippen LogP contribution is -2.50. The van der Waals surface area contributed by atoms with E-state index in [1.807, 2.05) is 12.3 Å². The first-order valence-corrected chi connectivity index (χ1v) is 11.2. The van der Waals surface area contributed by atoms with Crippen LogP contribution in [0.25, 0.3) is 6.08 Å². The van der Waals surface area contributed by atoms with Crippen molar-refractivity contribution < 1.29 is 13.2 Å². The van der Waals surface area contributed by atoms with Gasteiger partial charge in [-0.15, -0.1) is 11.3 Å². The fourth-order valence-electron chi connectivity index (χ4n) is 2.68. The Balaban J connectivity index is 1.65. The molecule has 0 unspecified atom stereocenters. The van der Waals surface area contributed by atoms with Crippen LogP contribution in [0.2, 0.25) is 10.0 Å². The third-order valence-electron chi connectivity index (χ3n) is 4.09. The summed E-state index contributed by atoms with van der Waals surface area (Å²) in [5.41, 5.74) is 0.739. The number of hydrogen-bond acceptors (Lipinski definition) is 5. The topological polar surface area (TPSA) is 70.6 Å². The minimum Gasteiger partial charge on any atom is -0.337 e. The molecule has 0 bridgehead atoms. The number of carbonyl (C=O) groups excluding carboxylic acids is 1. The third-order valence-corrected chi connectivity index (χ3v) is 7.50. The normalized spacial score (nSPS) is 16.2. The number of sulfonamides is 1. The van der Waals surface area contributed by atoms with Gasteiger partial charge in [-0.25, -0.2) is 13.4 Å². The number of nitrogens with zero attached hydrogens (tertiary/aromatic N) is 3. The van der Waals surface area contributed by atoms with Crippen LogP contribution in [0, 0.1) is 6.92 Å². The number of amides is 1. The van der Waals surface area contributed by atoms with Crippen molar-refractivity contribution in [2.24, 2.45) is 0 Å². The van der Waals surface area contributed by atoms with E-state index in [0.717, 1.165) is 10.7 Å². The van der Waals surface area contributed by atoms with Crippen LogP contribution in [0.1, 0.15) is 10.7 Å². The van der Waals surface area contributed by atoms with Gasteiger partial charge in [0.1, 0.15) is 4.90 Å². The molecule has 2 heterocycles. The molecule has 1 amide bonds. The van der Waals surface area contributed by atoms with Gasteiger partial charge in [-0.05, 0) is 31.2 Å². The average molecular weight is 446 g/mol. The van der Waals surface area contributed by atoms with E-state index < -0.39 is 10.0 Å². The van der Waals surface area contributed by atoms with Gasteiger partial charge >= 0.3 is 0 Å². The van der Waals surface area contributed by atoms with Crippen LogP contribution in [0.4, 0.5) is 0 Å². The van der Waals surface area contributed by atoms with E-state index in [1.165, 1.54) is 39.9 Å². The molecular formula is C17H17Cl2N3O3S2. The van der Waals surface area contributed by atoms with Gasteiger partial charge in [0.2, 0.25) is 15.9 Å². The first-order chi connectivity index (χ1) is 12.8. The summed E-state index contributed by atoms with van der Waals surface area (Å²) in [7, 11) is -3.76. The monoisotopic (exact) mass is 445 g/mol. The number of halogens is 2. The van der Waals surface area contributed by atoms with Crippen LogP contribution < -0.4 is 0 Å². The van der Waals surface area contributed by atoms with Crippen molar-refractivity contribution in [2.45, 2.75) is 11.8 Å². The summed E-state index contributed by atoms with van der Waals surface area (Å²) < 4.78 is 26.9. The van der Waals surface area contributed by atoms with Crippen molar-refractivity contribution >= 4 is 56.5 Å². The van der Waals surface area contributed by atoms with Crippen molar-refractivity contribution in [2.75, 3.05) is 26.2 Å². The quantitative estimate of drug-likeness (QED) is 0.676. The Labute approximate surface area is 172 Å². The van der Waals surface area contributed by atoms with Gasteiger partial charge in [-0.1, -0.05) is 23.2 Å². The molecule has 0 spiro atoms. The second-order valence-corrected chi connectivity index (χ2v) is 9.74. The molecule has 1 saturated heterocycles. The van der Waals surface area contributed by atoms with E-state index in [9.17, 15) is 13.2 Å². The molecule has 1 aliphatic rings. The van der Waals surface area contributed by atoms with E-state index in [2.05, 4.69) is 4.98 Å². The summed E-state index contributed by atoms with van der Waals surface area (Å²) in [6, 6.07) is 4.34. The van der Waals surface area contributed by atoms with E-state index in [0.29, 0.717) is 18.1 Å². The van der Waals surface area contributed by atoms with Gasteiger partial charge in [0.25, 0.3) is 0 Å². The average Bonchev–Trinajstić information content (AvgIpc) is 3.07. The molecule has 2 aromatic rings. The van der Waals surface area contributed by atoms with Crippen LogP contribution in [0.5, 0.6) is 0 Å². The predicted octanol–water partition coefficient (Wildman–Crippen LogP) is 3.30. The first kappa shape index (κ1) is 20.3. The largest absolute Gasteiger partial charge is 0.337 e. The second-order valence-electron chi connectivity index (χ2n) is 5.93. The van der Waals surface area contributed by atoms with Crippen molar-refractivity contribution in [3.63, 3.8) is 0 Å². The van der Waals surface area contributed by atoms with Crippen LogP contribution in [-0.2, 0) is 14.8 Å². The molecule has 0 aliphatic carbocycles.